The standard InChI is InChI=1S/C25H24ClN5O5S/c1-27-37(33)31-16-8-6-14(7-9-16)13-2-4-15(5-3-13)21-17(26)10-18-24(29-21)30-25(28-18)36-20-12-35-22-19(32)11-34-23(20)22/h2-10,19-20,22-23,32,37H,11-12H2,1H3,(H,27,31,33)(H,28,29,30)/t19-,20-,22-,23-/m1/s1. The predicted octanol–water partition coefficient (Wildman–Crippen LogP) is 3.28. The van der Waals surface area contributed by atoms with Crippen molar-refractivity contribution in [3.63, 3.8) is 0 Å². The van der Waals surface area contributed by atoms with Gasteiger partial charge in [0.15, 0.2) is 11.8 Å². The maximum absolute atomic E-state index is 11.6. The van der Waals surface area contributed by atoms with Crippen molar-refractivity contribution < 1.29 is 23.5 Å². The van der Waals surface area contributed by atoms with E-state index in [1.807, 2.05) is 48.5 Å². The van der Waals surface area contributed by atoms with Crippen LogP contribution in [0.25, 0.3) is 33.5 Å². The third-order valence-electron chi connectivity index (χ3n) is 6.40. The van der Waals surface area contributed by atoms with Gasteiger partial charge in [-0.3, -0.25) is 4.98 Å². The van der Waals surface area contributed by atoms with Gasteiger partial charge in [0.05, 0.1) is 29.6 Å². The molecule has 37 heavy (non-hydrogen) atoms. The van der Waals surface area contributed by atoms with Crippen molar-refractivity contribution in [1.29, 1.82) is 0 Å². The number of ether oxygens (including phenoxy) is 3. The highest BCUT2D eigenvalue weighted by Crippen LogP contribution is 2.33. The number of nitrogens with zero attached hydrogens (tertiary/aromatic N) is 3. The molecule has 5 atom stereocenters. The van der Waals surface area contributed by atoms with E-state index in [0.717, 1.165) is 16.7 Å². The van der Waals surface area contributed by atoms with E-state index in [2.05, 4.69) is 24.0 Å². The van der Waals surface area contributed by atoms with Crippen LogP contribution in [0, 0.1) is 0 Å². The highest BCUT2D eigenvalue weighted by atomic mass is 35.5. The molecule has 4 aromatic rings. The molecule has 2 aliphatic rings. The number of hydrogen-bond acceptors (Lipinski definition) is 8. The largest absolute Gasteiger partial charge is 0.456 e. The summed E-state index contributed by atoms with van der Waals surface area (Å²) in [7, 11) is -0.195. The van der Waals surface area contributed by atoms with Crippen molar-refractivity contribution in [3.8, 4) is 28.4 Å². The van der Waals surface area contributed by atoms with Crippen molar-refractivity contribution in [2.24, 2.45) is 4.36 Å². The predicted molar refractivity (Wildman–Crippen MR) is 140 cm³/mol. The topological polar surface area (TPSA) is 131 Å². The Labute approximate surface area is 219 Å². The molecule has 1 unspecified atom stereocenters. The fraction of sp³-hybridized carbons (Fsp3) is 0.280. The highest BCUT2D eigenvalue weighted by Gasteiger charge is 2.48. The number of halogens is 1. The van der Waals surface area contributed by atoms with Gasteiger partial charge < -0.3 is 19.3 Å². The molecule has 0 aliphatic carbocycles. The summed E-state index contributed by atoms with van der Waals surface area (Å²) in [6.45, 7) is 0.539. The van der Waals surface area contributed by atoms with E-state index in [1.54, 1.807) is 13.1 Å². The minimum Gasteiger partial charge on any atom is -0.456 e. The van der Waals surface area contributed by atoms with Crippen molar-refractivity contribution in [2.75, 3.05) is 20.3 Å². The number of imidazole rings is 1. The van der Waals surface area contributed by atoms with Crippen molar-refractivity contribution >= 4 is 39.2 Å². The van der Waals surface area contributed by atoms with Crippen molar-refractivity contribution in [3.05, 3.63) is 59.6 Å². The molecular weight excluding hydrogens is 518 g/mol. The quantitative estimate of drug-likeness (QED) is 0.275. The van der Waals surface area contributed by atoms with Crippen LogP contribution >= 0.6 is 11.6 Å². The Kier molecular flexibility index (Phi) is 6.57. The van der Waals surface area contributed by atoms with Crippen LogP contribution in [0.1, 0.15) is 0 Å². The summed E-state index contributed by atoms with van der Waals surface area (Å²) >= 11 is 6.57. The van der Waals surface area contributed by atoms with Gasteiger partial charge in [0.2, 0.25) is 0 Å². The van der Waals surface area contributed by atoms with Gasteiger partial charge in [-0.2, -0.15) is 9.35 Å². The number of aliphatic hydroxyl groups excluding tert-OH is 1. The Morgan fingerprint density at radius 3 is 2.46 bits per heavy atom. The van der Waals surface area contributed by atoms with E-state index >= 15 is 0 Å². The van der Waals surface area contributed by atoms with Crippen LogP contribution in [0.2, 0.25) is 5.02 Å². The van der Waals surface area contributed by atoms with Gasteiger partial charge in [0.1, 0.15) is 34.6 Å². The van der Waals surface area contributed by atoms with Gasteiger partial charge in [-0.15, -0.1) is 0 Å². The van der Waals surface area contributed by atoms with E-state index in [0.29, 0.717) is 40.2 Å². The van der Waals surface area contributed by atoms with Crippen molar-refractivity contribution in [2.45, 2.75) is 24.4 Å². The molecule has 10 nitrogen and oxygen atoms in total. The van der Waals surface area contributed by atoms with Gasteiger partial charge >= 0.3 is 0 Å². The molecule has 0 bridgehead atoms. The number of aliphatic hydroxyl groups is 1. The van der Waals surface area contributed by atoms with E-state index < -0.39 is 16.9 Å². The molecule has 0 spiro atoms. The molecule has 0 radical (unpaired) electrons. The Morgan fingerprint density at radius 1 is 1.05 bits per heavy atom. The number of nitrogens with one attached hydrogen (secondary N) is 2. The van der Waals surface area contributed by atoms with E-state index in [1.165, 1.54) is 0 Å². The molecule has 6 rings (SSSR count). The second-order valence-corrected chi connectivity index (χ2v) is 10.4. The third kappa shape index (κ3) is 4.81. The summed E-state index contributed by atoms with van der Waals surface area (Å²) in [4.78, 5) is 12.3. The van der Waals surface area contributed by atoms with Crippen LogP contribution in [-0.4, -0.2) is 68.9 Å². The van der Waals surface area contributed by atoms with Gasteiger partial charge in [-0.25, -0.2) is 13.9 Å². The fourth-order valence-electron chi connectivity index (χ4n) is 4.54. The number of hydrogen-bond donors (Lipinski definition) is 4. The van der Waals surface area contributed by atoms with Crippen LogP contribution in [0.3, 0.4) is 0 Å². The number of thiol groups is 1. The lowest BCUT2D eigenvalue weighted by molar-refractivity contribution is 0.00706. The second kappa shape index (κ2) is 10.0. The highest BCUT2D eigenvalue weighted by molar-refractivity contribution is 7.72. The lowest BCUT2D eigenvalue weighted by atomic mass is 10.0. The van der Waals surface area contributed by atoms with E-state index in [4.69, 9.17) is 25.8 Å². The molecule has 192 valence electrons. The van der Waals surface area contributed by atoms with Crippen LogP contribution in [-0.2, 0) is 20.3 Å². The number of benzene rings is 2. The molecule has 0 saturated carbocycles. The molecule has 2 aromatic heterocycles. The minimum absolute atomic E-state index is 0.231. The smallest absolute Gasteiger partial charge is 0.296 e. The normalized spacial score (nSPS) is 24.0. The summed E-state index contributed by atoms with van der Waals surface area (Å²) in [6, 6.07) is 17.5. The Bertz CT molecular complexity index is 1520. The fourth-order valence-corrected chi connectivity index (χ4v) is 5.24. The van der Waals surface area contributed by atoms with Gasteiger partial charge in [-0.1, -0.05) is 48.0 Å². The third-order valence-corrected chi connectivity index (χ3v) is 7.49. The minimum atomic E-state index is -1.80. The summed E-state index contributed by atoms with van der Waals surface area (Å²) in [5.74, 6) is 0. The number of fused-ring (bicyclic) bond motifs is 2. The Hall–Kier alpha value is -3.06. The lowest BCUT2D eigenvalue weighted by Gasteiger charge is -2.15. The zero-order chi connectivity index (χ0) is 25.5. The molecule has 2 saturated heterocycles. The van der Waals surface area contributed by atoms with Crippen LogP contribution in [0.4, 0.5) is 5.69 Å². The molecular formula is C25H24ClN5O5S. The van der Waals surface area contributed by atoms with Crippen LogP contribution in [0.5, 0.6) is 6.01 Å². The average molecular weight is 542 g/mol. The van der Waals surface area contributed by atoms with E-state index in [-0.39, 0.29) is 24.9 Å². The van der Waals surface area contributed by atoms with Crippen molar-refractivity contribution in [1.82, 2.24) is 19.7 Å². The number of aromatic nitrogens is 3. The molecule has 3 N–H and O–H groups in total. The SMILES string of the molecule is CN/[SH](=O)=N\c1ccc(-c2ccc(-c3nc4[nH]c(O[C@@H]5CO[C@H]6[C@@H]5OC[C@H]6O)nc4cc3Cl)cc2)cc1. The summed E-state index contributed by atoms with van der Waals surface area (Å²) in [5.41, 5.74) is 5.26. The second-order valence-electron chi connectivity index (χ2n) is 8.77. The maximum Gasteiger partial charge on any atom is 0.296 e. The monoisotopic (exact) mass is 541 g/mol. The van der Waals surface area contributed by atoms with Crippen LogP contribution < -0.4 is 9.46 Å². The molecule has 2 fully saturated rings. The molecule has 2 aromatic carbocycles. The molecule has 0 amide bonds. The van der Waals surface area contributed by atoms with Gasteiger partial charge in [0.25, 0.3) is 6.01 Å². The van der Waals surface area contributed by atoms with E-state index in [9.17, 15) is 9.32 Å². The van der Waals surface area contributed by atoms with Crippen LogP contribution in [0.15, 0.2) is 59.0 Å². The maximum atomic E-state index is 11.6. The Balaban J connectivity index is 1.21. The lowest BCUT2D eigenvalue weighted by Crippen LogP contribution is -2.34. The zero-order valence-corrected chi connectivity index (χ0v) is 21.3. The number of aromatic amines is 1. The first kappa shape index (κ1) is 24.3. The zero-order valence-electron chi connectivity index (χ0n) is 19.7. The first-order valence-electron chi connectivity index (χ1n) is 11.7. The molecule has 12 heteroatoms. The number of H-pyrrole nitrogens is 1. The summed E-state index contributed by atoms with van der Waals surface area (Å²) in [6.07, 6.45) is -1.74. The average Bonchev–Trinajstić information content (AvgIpc) is 3.60. The Morgan fingerprint density at radius 2 is 1.73 bits per heavy atom. The first-order chi connectivity index (χ1) is 18.0. The van der Waals surface area contributed by atoms with Gasteiger partial charge in [-0.05, 0) is 36.4 Å². The summed E-state index contributed by atoms with van der Waals surface area (Å²) < 4.78 is 35.5. The number of rotatable bonds is 6. The summed E-state index contributed by atoms with van der Waals surface area (Å²) in [5, 5.41) is 10.4. The molecule has 2 aliphatic heterocycles. The van der Waals surface area contributed by atoms with Gasteiger partial charge in [0, 0.05) is 5.56 Å². The molecule has 4 heterocycles. The number of pyridine rings is 1. The first-order valence-corrected chi connectivity index (χ1v) is 13.3.